The van der Waals surface area contributed by atoms with Crippen molar-refractivity contribution in [1.29, 1.82) is 0 Å². The number of methoxy groups -OCH3 is 1. The van der Waals surface area contributed by atoms with Crippen molar-refractivity contribution in [1.82, 2.24) is 25.1 Å². The van der Waals surface area contributed by atoms with Gasteiger partial charge in [-0.1, -0.05) is 25.1 Å². The third kappa shape index (κ3) is 3.20. The topological polar surface area (TPSA) is 134 Å². The molecule has 1 fully saturated rings. The standard InChI is InChI=1S/C15H21N5O6S2/c1-5-6-7-26-13(22)9-8(2)14(27-15-16-17-18-19(15)3)28(23,24)12-10(25-4)11(21)20(9)12/h10,12,14H,5-7H2,1-4H3/t10-,12?,14?/m0/s1. The lowest BCUT2D eigenvalue weighted by Gasteiger charge is -2.49. The number of aryl methyl sites for hydroxylation is 1. The van der Waals surface area contributed by atoms with Crippen molar-refractivity contribution in [3.8, 4) is 0 Å². The summed E-state index contributed by atoms with van der Waals surface area (Å²) in [6.07, 6.45) is 0.322. The van der Waals surface area contributed by atoms with Gasteiger partial charge >= 0.3 is 5.97 Å². The second-order valence-corrected chi connectivity index (χ2v) is 9.90. The van der Waals surface area contributed by atoms with E-state index >= 15 is 0 Å². The molecular weight excluding hydrogens is 410 g/mol. The van der Waals surface area contributed by atoms with Gasteiger partial charge < -0.3 is 9.47 Å². The summed E-state index contributed by atoms with van der Waals surface area (Å²) in [6.45, 7) is 3.63. The molecule has 0 spiro atoms. The number of rotatable bonds is 7. The van der Waals surface area contributed by atoms with Crippen LogP contribution >= 0.6 is 11.8 Å². The molecule has 1 aromatic heterocycles. The van der Waals surface area contributed by atoms with E-state index in [4.69, 9.17) is 9.47 Å². The van der Waals surface area contributed by atoms with Crippen LogP contribution in [-0.2, 0) is 35.9 Å². The number of hydrogen-bond acceptors (Lipinski definition) is 10. The number of esters is 1. The Morgan fingerprint density at radius 2 is 2.07 bits per heavy atom. The zero-order valence-electron chi connectivity index (χ0n) is 15.9. The van der Waals surface area contributed by atoms with Gasteiger partial charge in [-0.3, -0.25) is 9.69 Å². The number of sulfone groups is 1. The Hall–Kier alpha value is -1.99. The minimum absolute atomic E-state index is 0.0538. The number of thioether (sulfide) groups is 1. The maximum absolute atomic E-state index is 13.2. The summed E-state index contributed by atoms with van der Waals surface area (Å²) in [5.74, 6) is -1.31. The molecule has 28 heavy (non-hydrogen) atoms. The Morgan fingerprint density at radius 1 is 1.36 bits per heavy atom. The van der Waals surface area contributed by atoms with E-state index in [9.17, 15) is 18.0 Å². The van der Waals surface area contributed by atoms with Crippen molar-refractivity contribution in [2.24, 2.45) is 7.05 Å². The summed E-state index contributed by atoms with van der Waals surface area (Å²) in [6, 6.07) is 0. The zero-order chi connectivity index (χ0) is 20.6. The minimum atomic E-state index is -3.92. The normalized spacial score (nSPS) is 26.1. The van der Waals surface area contributed by atoms with Crippen LogP contribution in [0.15, 0.2) is 16.4 Å². The number of tetrazole rings is 1. The Balaban J connectivity index is 2.04. The highest BCUT2D eigenvalue weighted by molar-refractivity contribution is 8.14. The molecule has 1 saturated heterocycles. The lowest BCUT2D eigenvalue weighted by atomic mass is 10.1. The van der Waals surface area contributed by atoms with Gasteiger partial charge in [0.05, 0.1) is 6.61 Å². The van der Waals surface area contributed by atoms with Crippen LogP contribution in [-0.4, -0.2) is 75.2 Å². The van der Waals surface area contributed by atoms with Crippen LogP contribution in [0.25, 0.3) is 0 Å². The molecule has 2 aliphatic heterocycles. The van der Waals surface area contributed by atoms with Gasteiger partial charge in [0, 0.05) is 14.2 Å². The first-order valence-electron chi connectivity index (χ1n) is 8.61. The molecule has 13 heteroatoms. The predicted octanol–water partition coefficient (Wildman–Crippen LogP) is -0.143. The van der Waals surface area contributed by atoms with Crippen LogP contribution < -0.4 is 0 Å². The molecule has 0 aromatic carbocycles. The number of unbranched alkanes of at least 4 members (excludes halogenated alkanes) is 1. The van der Waals surface area contributed by atoms with Crippen molar-refractivity contribution in [3.63, 3.8) is 0 Å². The average Bonchev–Trinajstić information content (AvgIpc) is 3.04. The van der Waals surface area contributed by atoms with Gasteiger partial charge in [0.2, 0.25) is 5.16 Å². The number of fused-ring (bicyclic) bond motifs is 1. The van der Waals surface area contributed by atoms with Crippen molar-refractivity contribution >= 4 is 33.5 Å². The smallest absolute Gasteiger partial charge is 0.355 e. The highest BCUT2D eigenvalue weighted by Gasteiger charge is 2.63. The van der Waals surface area contributed by atoms with Crippen LogP contribution in [0.5, 0.6) is 0 Å². The summed E-state index contributed by atoms with van der Waals surface area (Å²) in [7, 11) is -1.09. The Kier molecular flexibility index (Phi) is 5.77. The number of carbonyl (C=O) groups is 2. The molecule has 0 radical (unpaired) electrons. The van der Waals surface area contributed by atoms with Gasteiger partial charge in [-0.15, -0.1) is 5.10 Å². The molecule has 154 valence electrons. The molecule has 0 bridgehead atoms. The van der Waals surface area contributed by atoms with E-state index < -0.39 is 37.8 Å². The third-order valence-corrected chi connectivity index (χ3v) is 8.87. The molecule has 1 aromatic rings. The minimum Gasteiger partial charge on any atom is -0.461 e. The van der Waals surface area contributed by atoms with Crippen LogP contribution in [0.3, 0.4) is 0 Å². The van der Waals surface area contributed by atoms with E-state index in [1.165, 1.54) is 18.7 Å². The zero-order valence-corrected chi connectivity index (χ0v) is 17.5. The molecule has 2 aliphatic rings. The molecule has 0 saturated carbocycles. The molecule has 1 amide bonds. The molecule has 3 heterocycles. The maximum Gasteiger partial charge on any atom is 0.355 e. The molecule has 3 atom stereocenters. The van der Waals surface area contributed by atoms with E-state index in [-0.39, 0.29) is 23.0 Å². The van der Waals surface area contributed by atoms with Crippen molar-refractivity contribution in [2.75, 3.05) is 13.7 Å². The number of amides is 1. The highest BCUT2D eigenvalue weighted by atomic mass is 32.3. The van der Waals surface area contributed by atoms with Gasteiger partial charge in [-0.2, -0.15) is 0 Å². The van der Waals surface area contributed by atoms with Gasteiger partial charge in [0.1, 0.15) is 10.3 Å². The lowest BCUT2D eigenvalue weighted by Crippen LogP contribution is -2.71. The number of ether oxygens (including phenoxy) is 2. The molecular formula is C15H21N5O6S2. The summed E-state index contributed by atoms with van der Waals surface area (Å²) in [5.41, 5.74) is 0.149. The largest absolute Gasteiger partial charge is 0.461 e. The van der Waals surface area contributed by atoms with E-state index in [1.807, 2.05) is 6.92 Å². The Morgan fingerprint density at radius 3 is 2.64 bits per heavy atom. The molecule has 2 unspecified atom stereocenters. The van der Waals surface area contributed by atoms with E-state index in [0.717, 1.165) is 23.1 Å². The van der Waals surface area contributed by atoms with Crippen molar-refractivity contribution in [2.45, 2.75) is 47.9 Å². The van der Waals surface area contributed by atoms with Gasteiger partial charge in [-0.25, -0.2) is 17.9 Å². The Labute approximate surface area is 166 Å². The summed E-state index contributed by atoms with van der Waals surface area (Å²) >= 11 is 0.896. The monoisotopic (exact) mass is 431 g/mol. The second-order valence-electron chi connectivity index (χ2n) is 6.40. The van der Waals surface area contributed by atoms with Crippen LogP contribution in [0.4, 0.5) is 0 Å². The van der Waals surface area contributed by atoms with Crippen LogP contribution in [0.2, 0.25) is 0 Å². The van der Waals surface area contributed by atoms with E-state index in [2.05, 4.69) is 15.5 Å². The number of nitrogens with zero attached hydrogens (tertiary/aromatic N) is 5. The van der Waals surface area contributed by atoms with Gasteiger partial charge in [-0.05, 0) is 29.3 Å². The quantitative estimate of drug-likeness (QED) is 0.326. The highest BCUT2D eigenvalue weighted by Crippen LogP contribution is 2.46. The SMILES string of the molecule is CCCCOC(=O)C1=C(C)C(Sc2nnnn2C)S(=O)(=O)C2[C@@H](OC)C(=O)N12. The first kappa shape index (κ1) is 20.7. The average molecular weight is 431 g/mol. The molecule has 0 N–H and O–H groups in total. The fourth-order valence-corrected chi connectivity index (χ4v) is 6.92. The summed E-state index contributed by atoms with van der Waals surface area (Å²) in [5, 5.41) is 9.98. The van der Waals surface area contributed by atoms with Crippen molar-refractivity contribution in [3.05, 3.63) is 11.3 Å². The van der Waals surface area contributed by atoms with Crippen LogP contribution in [0, 0.1) is 0 Å². The van der Waals surface area contributed by atoms with Crippen LogP contribution in [0.1, 0.15) is 26.7 Å². The number of β-lactam (4-membered cyclic amide) rings is 1. The summed E-state index contributed by atoms with van der Waals surface area (Å²) in [4.78, 5) is 26.1. The number of hydrogen-bond donors (Lipinski definition) is 0. The first-order valence-corrected chi connectivity index (χ1v) is 11.1. The predicted molar refractivity (Wildman–Crippen MR) is 97.4 cm³/mol. The maximum atomic E-state index is 13.2. The van der Waals surface area contributed by atoms with E-state index in [1.54, 1.807) is 7.05 Å². The lowest BCUT2D eigenvalue weighted by molar-refractivity contribution is -0.164. The number of aromatic nitrogens is 4. The number of carbonyl (C=O) groups excluding carboxylic acids is 2. The second kappa shape index (κ2) is 7.79. The molecule has 11 nitrogen and oxygen atoms in total. The fourth-order valence-electron chi connectivity index (χ4n) is 3.10. The van der Waals surface area contributed by atoms with Gasteiger partial charge in [0.15, 0.2) is 21.3 Å². The first-order chi connectivity index (χ1) is 13.3. The fraction of sp³-hybridized carbons (Fsp3) is 0.667. The summed E-state index contributed by atoms with van der Waals surface area (Å²) < 4.78 is 36.9. The molecule has 0 aliphatic carbocycles. The van der Waals surface area contributed by atoms with Gasteiger partial charge in [0.25, 0.3) is 5.91 Å². The Bertz CT molecular complexity index is 927. The van der Waals surface area contributed by atoms with Crippen molar-refractivity contribution < 1.29 is 27.5 Å². The third-order valence-electron chi connectivity index (χ3n) is 4.57. The van der Waals surface area contributed by atoms with E-state index in [0.29, 0.717) is 6.42 Å². The molecule has 3 rings (SSSR count).